The molecule has 1 aromatic rings. The maximum atomic E-state index is 5.90. The van der Waals surface area contributed by atoms with E-state index in [4.69, 9.17) is 4.74 Å². The van der Waals surface area contributed by atoms with Gasteiger partial charge in [-0.2, -0.15) is 0 Å². The summed E-state index contributed by atoms with van der Waals surface area (Å²) in [7, 11) is 0. The van der Waals surface area contributed by atoms with E-state index in [1.54, 1.807) is 0 Å². The van der Waals surface area contributed by atoms with E-state index in [0.29, 0.717) is 6.04 Å². The molecule has 1 saturated carbocycles. The Balaban J connectivity index is 1.54. The minimum Gasteiger partial charge on any atom is -0.375 e. The lowest BCUT2D eigenvalue weighted by Crippen LogP contribution is -2.43. The molecule has 1 aromatic carbocycles. The molecule has 21 heavy (non-hydrogen) atoms. The summed E-state index contributed by atoms with van der Waals surface area (Å²) in [6.07, 6.45) is 5.46. The normalized spacial score (nSPS) is 29.4. The Morgan fingerprint density at radius 1 is 1.19 bits per heavy atom. The van der Waals surface area contributed by atoms with Crippen LogP contribution in [0.5, 0.6) is 0 Å². The first-order chi connectivity index (χ1) is 10.4. The van der Waals surface area contributed by atoms with Crippen molar-refractivity contribution in [3.8, 4) is 0 Å². The lowest BCUT2D eigenvalue weighted by Gasteiger charge is -2.38. The molecule has 1 aliphatic carbocycles. The van der Waals surface area contributed by atoms with Crippen LogP contribution in [0.15, 0.2) is 24.3 Å². The van der Waals surface area contributed by atoms with Crippen molar-refractivity contribution in [1.82, 2.24) is 10.2 Å². The third kappa shape index (κ3) is 3.01. The first-order valence-electron chi connectivity index (χ1n) is 8.54. The molecule has 0 spiro atoms. The van der Waals surface area contributed by atoms with Gasteiger partial charge in [0.1, 0.15) is 0 Å². The number of piperidine rings is 1. The standard InChI is InChI=1S/C18H26N2O/c1-2-6-17-15(5-1)12-21-13-18(17)20(16-7-8-16)11-14-4-3-9-19-10-14/h1-2,5-6,14,16,18-19H,3-4,7-13H2. The number of benzene rings is 1. The number of ether oxygens (including phenoxy) is 1. The summed E-state index contributed by atoms with van der Waals surface area (Å²) in [5.41, 5.74) is 2.90. The molecule has 2 aliphatic heterocycles. The third-order valence-corrected chi connectivity index (χ3v) is 5.23. The van der Waals surface area contributed by atoms with Gasteiger partial charge in [0, 0.05) is 12.6 Å². The lowest BCUT2D eigenvalue weighted by molar-refractivity contribution is 0.0205. The molecule has 1 N–H and O–H groups in total. The molecule has 3 heteroatoms. The van der Waals surface area contributed by atoms with Gasteiger partial charge in [0.2, 0.25) is 0 Å². The molecular formula is C18H26N2O. The maximum Gasteiger partial charge on any atom is 0.0721 e. The van der Waals surface area contributed by atoms with Gasteiger partial charge < -0.3 is 10.1 Å². The van der Waals surface area contributed by atoms with Crippen molar-refractivity contribution in [3.63, 3.8) is 0 Å². The SMILES string of the molecule is c1ccc2c(c1)COCC2N(CC1CCCNC1)C1CC1. The Kier molecular flexibility index (Phi) is 3.97. The summed E-state index contributed by atoms with van der Waals surface area (Å²) in [5, 5.41) is 3.56. The molecule has 2 heterocycles. The predicted molar refractivity (Wildman–Crippen MR) is 84.2 cm³/mol. The molecule has 3 aliphatic rings. The number of hydrogen-bond acceptors (Lipinski definition) is 3. The van der Waals surface area contributed by atoms with Crippen molar-refractivity contribution in [3.05, 3.63) is 35.4 Å². The Morgan fingerprint density at radius 2 is 2.10 bits per heavy atom. The second kappa shape index (κ2) is 6.07. The van der Waals surface area contributed by atoms with Gasteiger partial charge in [-0.15, -0.1) is 0 Å². The monoisotopic (exact) mass is 286 g/mol. The Hall–Kier alpha value is -0.900. The van der Waals surface area contributed by atoms with Crippen molar-refractivity contribution >= 4 is 0 Å². The van der Waals surface area contributed by atoms with Gasteiger partial charge in [-0.05, 0) is 55.8 Å². The van der Waals surface area contributed by atoms with Crippen LogP contribution in [0.4, 0.5) is 0 Å². The van der Waals surface area contributed by atoms with E-state index in [2.05, 4.69) is 34.5 Å². The fourth-order valence-corrected chi connectivity index (χ4v) is 3.95. The molecule has 114 valence electrons. The highest BCUT2D eigenvalue weighted by atomic mass is 16.5. The highest BCUT2D eigenvalue weighted by Crippen LogP contribution is 2.38. The zero-order chi connectivity index (χ0) is 14.1. The topological polar surface area (TPSA) is 24.5 Å². The number of nitrogens with zero attached hydrogens (tertiary/aromatic N) is 1. The summed E-state index contributed by atoms with van der Waals surface area (Å²) in [6, 6.07) is 10.1. The fourth-order valence-electron chi connectivity index (χ4n) is 3.95. The van der Waals surface area contributed by atoms with Crippen molar-refractivity contribution < 1.29 is 4.74 Å². The molecule has 1 saturated heterocycles. The maximum absolute atomic E-state index is 5.90. The van der Waals surface area contributed by atoms with Gasteiger partial charge in [0.25, 0.3) is 0 Å². The molecule has 2 fully saturated rings. The molecule has 4 rings (SSSR count). The van der Waals surface area contributed by atoms with Crippen LogP contribution >= 0.6 is 0 Å². The van der Waals surface area contributed by atoms with Crippen LogP contribution in [0.1, 0.15) is 42.9 Å². The van der Waals surface area contributed by atoms with Gasteiger partial charge in [-0.1, -0.05) is 24.3 Å². The highest BCUT2D eigenvalue weighted by molar-refractivity contribution is 5.31. The minimum atomic E-state index is 0.476. The van der Waals surface area contributed by atoms with Gasteiger partial charge in [-0.3, -0.25) is 4.90 Å². The summed E-state index contributed by atoms with van der Waals surface area (Å²) in [4.78, 5) is 2.76. The van der Waals surface area contributed by atoms with Crippen molar-refractivity contribution in [1.29, 1.82) is 0 Å². The van der Waals surface area contributed by atoms with Crippen LogP contribution < -0.4 is 5.32 Å². The number of rotatable bonds is 4. The number of hydrogen-bond donors (Lipinski definition) is 1. The lowest BCUT2D eigenvalue weighted by atomic mass is 9.94. The molecule has 0 amide bonds. The van der Waals surface area contributed by atoms with E-state index in [1.807, 2.05) is 0 Å². The minimum absolute atomic E-state index is 0.476. The van der Waals surface area contributed by atoms with Crippen LogP contribution in [0.2, 0.25) is 0 Å². The Labute approximate surface area is 127 Å². The highest BCUT2D eigenvalue weighted by Gasteiger charge is 2.37. The van der Waals surface area contributed by atoms with Crippen LogP contribution in [0.25, 0.3) is 0 Å². The molecule has 3 nitrogen and oxygen atoms in total. The van der Waals surface area contributed by atoms with Crippen molar-refractivity contribution in [2.24, 2.45) is 5.92 Å². The van der Waals surface area contributed by atoms with E-state index >= 15 is 0 Å². The smallest absolute Gasteiger partial charge is 0.0721 e. The quantitative estimate of drug-likeness (QED) is 0.921. The Morgan fingerprint density at radius 3 is 2.90 bits per heavy atom. The van der Waals surface area contributed by atoms with Crippen LogP contribution in [0.3, 0.4) is 0 Å². The summed E-state index contributed by atoms with van der Waals surface area (Å²) in [6.45, 7) is 5.29. The number of nitrogens with one attached hydrogen (secondary N) is 1. The molecule has 0 bridgehead atoms. The largest absolute Gasteiger partial charge is 0.375 e. The van der Waals surface area contributed by atoms with Crippen molar-refractivity contribution in [2.45, 2.75) is 44.4 Å². The molecule has 0 radical (unpaired) electrons. The summed E-state index contributed by atoms with van der Waals surface area (Å²) >= 11 is 0. The van der Waals surface area contributed by atoms with Gasteiger partial charge >= 0.3 is 0 Å². The predicted octanol–water partition coefficient (Wildman–Crippen LogP) is 2.72. The summed E-state index contributed by atoms with van der Waals surface area (Å²) < 4.78 is 5.90. The van der Waals surface area contributed by atoms with E-state index in [9.17, 15) is 0 Å². The van der Waals surface area contributed by atoms with Gasteiger partial charge in [0.05, 0.1) is 19.3 Å². The van der Waals surface area contributed by atoms with Crippen LogP contribution in [-0.2, 0) is 11.3 Å². The van der Waals surface area contributed by atoms with E-state index in [0.717, 1.165) is 25.2 Å². The zero-order valence-corrected chi connectivity index (χ0v) is 12.8. The average Bonchev–Trinajstić information content (AvgIpc) is 3.38. The van der Waals surface area contributed by atoms with Crippen LogP contribution in [0, 0.1) is 5.92 Å². The Bertz CT molecular complexity index is 480. The molecule has 0 aromatic heterocycles. The average molecular weight is 286 g/mol. The third-order valence-electron chi connectivity index (χ3n) is 5.23. The zero-order valence-electron chi connectivity index (χ0n) is 12.8. The second-order valence-corrected chi connectivity index (χ2v) is 6.87. The second-order valence-electron chi connectivity index (χ2n) is 6.87. The first kappa shape index (κ1) is 13.7. The van der Waals surface area contributed by atoms with Crippen LogP contribution in [-0.4, -0.2) is 37.2 Å². The summed E-state index contributed by atoms with van der Waals surface area (Å²) in [5.74, 6) is 0.813. The van der Waals surface area contributed by atoms with E-state index in [1.165, 1.54) is 56.4 Å². The fraction of sp³-hybridized carbons (Fsp3) is 0.667. The molecule has 2 unspecified atom stereocenters. The van der Waals surface area contributed by atoms with E-state index in [-0.39, 0.29) is 0 Å². The number of fused-ring (bicyclic) bond motifs is 1. The van der Waals surface area contributed by atoms with Crippen molar-refractivity contribution in [2.75, 3.05) is 26.2 Å². The van der Waals surface area contributed by atoms with Gasteiger partial charge in [0.15, 0.2) is 0 Å². The van der Waals surface area contributed by atoms with Gasteiger partial charge in [-0.25, -0.2) is 0 Å². The molecular weight excluding hydrogens is 260 g/mol. The first-order valence-corrected chi connectivity index (χ1v) is 8.54. The molecule has 2 atom stereocenters. The van der Waals surface area contributed by atoms with E-state index < -0.39 is 0 Å².